The van der Waals surface area contributed by atoms with Crippen molar-refractivity contribution in [3.8, 4) is 0 Å². The molecule has 2 aromatic heterocycles. The van der Waals surface area contributed by atoms with E-state index in [-0.39, 0.29) is 18.1 Å². The van der Waals surface area contributed by atoms with Crippen molar-refractivity contribution in [1.82, 2.24) is 19.7 Å². The summed E-state index contributed by atoms with van der Waals surface area (Å²) in [6.07, 6.45) is 3.46. The molecule has 1 atom stereocenters. The van der Waals surface area contributed by atoms with E-state index in [1.54, 1.807) is 47.2 Å². The average molecular weight is 429 g/mol. The van der Waals surface area contributed by atoms with E-state index in [0.29, 0.717) is 23.3 Å². The van der Waals surface area contributed by atoms with Gasteiger partial charge in [0.15, 0.2) is 0 Å². The molecule has 0 saturated heterocycles. The Labute approximate surface area is 183 Å². The smallest absolute Gasteiger partial charge is 0.256 e. The molecule has 32 heavy (non-hydrogen) atoms. The minimum absolute atomic E-state index is 0.0942. The van der Waals surface area contributed by atoms with Gasteiger partial charge in [-0.15, -0.1) is 0 Å². The van der Waals surface area contributed by atoms with Gasteiger partial charge in [0.05, 0.1) is 22.5 Å². The zero-order valence-electron chi connectivity index (χ0n) is 17.3. The SMILES string of the molecule is Cn1cc2c(n1)C(C(=O)Nc1ccccc1F)CN(C(=O)c1cccc3cccnc13)C2. The highest BCUT2D eigenvalue weighted by atomic mass is 19.1. The van der Waals surface area contributed by atoms with Gasteiger partial charge >= 0.3 is 0 Å². The molecule has 3 heterocycles. The predicted octanol–water partition coefficient (Wildman–Crippen LogP) is 3.49. The van der Waals surface area contributed by atoms with Gasteiger partial charge in [-0.05, 0) is 24.3 Å². The van der Waals surface area contributed by atoms with E-state index in [9.17, 15) is 14.0 Å². The van der Waals surface area contributed by atoms with Crippen LogP contribution in [0.3, 0.4) is 0 Å². The van der Waals surface area contributed by atoms with Gasteiger partial charge in [0.1, 0.15) is 11.7 Å². The third-order valence-corrected chi connectivity index (χ3v) is 5.63. The Hall–Kier alpha value is -4.07. The summed E-state index contributed by atoms with van der Waals surface area (Å²) in [5.74, 6) is -1.88. The van der Waals surface area contributed by atoms with Gasteiger partial charge in [-0.3, -0.25) is 19.3 Å². The molecule has 5 rings (SSSR count). The third kappa shape index (κ3) is 3.49. The maximum absolute atomic E-state index is 14.1. The number of carbonyl (C=O) groups is 2. The largest absolute Gasteiger partial charge is 0.333 e. The second kappa shape index (κ2) is 7.88. The fourth-order valence-electron chi connectivity index (χ4n) is 4.14. The molecule has 1 unspecified atom stereocenters. The van der Waals surface area contributed by atoms with Crippen molar-refractivity contribution < 1.29 is 14.0 Å². The normalized spacial score (nSPS) is 15.4. The number of carbonyl (C=O) groups excluding carboxylic acids is 2. The Morgan fingerprint density at radius 2 is 1.91 bits per heavy atom. The fourth-order valence-corrected chi connectivity index (χ4v) is 4.14. The van der Waals surface area contributed by atoms with E-state index in [2.05, 4.69) is 15.4 Å². The van der Waals surface area contributed by atoms with Crippen molar-refractivity contribution in [3.63, 3.8) is 0 Å². The molecule has 7 nitrogen and oxygen atoms in total. The Morgan fingerprint density at radius 1 is 1.09 bits per heavy atom. The predicted molar refractivity (Wildman–Crippen MR) is 117 cm³/mol. The van der Waals surface area contributed by atoms with Crippen molar-refractivity contribution in [2.24, 2.45) is 7.05 Å². The molecule has 8 heteroatoms. The Bertz CT molecular complexity index is 1340. The molecule has 160 valence electrons. The van der Waals surface area contributed by atoms with E-state index in [0.717, 1.165) is 10.9 Å². The van der Waals surface area contributed by atoms with Crippen LogP contribution in [0.25, 0.3) is 10.9 Å². The van der Waals surface area contributed by atoms with Crippen LogP contribution in [0.5, 0.6) is 0 Å². The zero-order chi connectivity index (χ0) is 22.2. The molecule has 0 radical (unpaired) electrons. The Balaban J connectivity index is 1.48. The number of nitrogens with zero attached hydrogens (tertiary/aromatic N) is 4. The Kier molecular flexibility index (Phi) is 4.89. The summed E-state index contributed by atoms with van der Waals surface area (Å²) in [5.41, 5.74) is 2.57. The average Bonchev–Trinajstić information content (AvgIpc) is 3.19. The molecule has 1 N–H and O–H groups in total. The number of nitrogens with one attached hydrogen (secondary N) is 1. The summed E-state index contributed by atoms with van der Waals surface area (Å²) in [5, 5.41) is 7.96. The first kappa shape index (κ1) is 19.9. The van der Waals surface area contributed by atoms with Crippen LogP contribution in [0, 0.1) is 5.82 Å². The number of hydrogen-bond donors (Lipinski definition) is 1. The van der Waals surface area contributed by atoms with Crippen LogP contribution in [0.15, 0.2) is 67.0 Å². The Morgan fingerprint density at radius 3 is 2.75 bits per heavy atom. The van der Waals surface area contributed by atoms with Gasteiger partial charge in [0, 0.05) is 43.5 Å². The highest BCUT2D eigenvalue weighted by Crippen LogP contribution is 2.30. The second-order valence-corrected chi connectivity index (χ2v) is 7.80. The maximum Gasteiger partial charge on any atom is 0.256 e. The number of hydrogen-bond acceptors (Lipinski definition) is 4. The minimum atomic E-state index is -0.730. The summed E-state index contributed by atoms with van der Waals surface area (Å²) in [4.78, 5) is 32.6. The van der Waals surface area contributed by atoms with Crippen LogP contribution in [-0.2, 0) is 18.4 Å². The van der Waals surface area contributed by atoms with Gasteiger partial charge in [-0.1, -0.05) is 30.3 Å². The van der Waals surface area contributed by atoms with Crippen molar-refractivity contribution in [1.29, 1.82) is 0 Å². The van der Waals surface area contributed by atoms with E-state index in [4.69, 9.17) is 0 Å². The molecule has 0 saturated carbocycles. The van der Waals surface area contributed by atoms with Gasteiger partial charge < -0.3 is 10.2 Å². The lowest BCUT2D eigenvalue weighted by Crippen LogP contribution is -2.42. The lowest BCUT2D eigenvalue weighted by atomic mass is 9.94. The van der Waals surface area contributed by atoms with E-state index >= 15 is 0 Å². The number of para-hydroxylation sites is 2. The molecule has 0 fully saturated rings. The third-order valence-electron chi connectivity index (χ3n) is 5.63. The summed E-state index contributed by atoms with van der Waals surface area (Å²) in [7, 11) is 1.77. The van der Waals surface area contributed by atoms with Gasteiger partial charge in [-0.2, -0.15) is 5.10 Å². The maximum atomic E-state index is 14.1. The van der Waals surface area contributed by atoms with E-state index < -0.39 is 17.6 Å². The quantitative estimate of drug-likeness (QED) is 0.541. The number of pyridine rings is 1. The standard InChI is InChI=1S/C24H20FN5O2/c1-29-12-16-13-30(24(32)17-8-4-6-15-7-5-11-26-21(15)17)14-18(22(16)28-29)23(31)27-20-10-3-2-9-19(20)25/h2-12,18H,13-14H2,1H3,(H,27,31). The van der Waals surface area contributed by atoms with Crippen molar-refractivity contribution in [2.45, 2.75) is 12.5 Å². The van der Waals surface area contributed by atoms with Crippen molar-refractivity contribution in [2.75, 3.05) is 11.9 Å². The molecule has 2 amide bonds. The number of benzene rings is 2. The van der Waals surface area contributed by atoms with Crippen molar-refractivity contribution >= 4 is 28.4 Å². The summed E-state index contributed by atoms with van der Waals surface area (Å²) in [6.45, 7) is 0.459. The summed E-state index contributed by atoms with van der Waals surface area (Å²) in [6, 6.07) is 15.2. The molecule has 0 bridgehead atoms. The molecule has 0 aliphatic carbocycles. The molecule has 0 spiro atoms. The molecule has 2 aromatic carbocycles. The second-order valence-electron chi connectivity index (χ2n) is 7.80. The van der Waals surface area contributed by atoms with Crippen molar-refractivity contribution in [3.05, 3.63) is 89.6 Å². The van der Waals surface area contributed by atoms with E-state index in [1.807, 2.05) is 24.3 Å². The van der Waals surface area contributed by atoms with Gasteiger partial charge in [0.25, 0.3) is 5.91 Å². The molecular formula is C24H20FN5O2. The van der Waals surface area contributed by atoms with Gasteiger partial charge in [0.2, 0.25) is 5.91 Å². The van der Waals surface area contributed by atoms with Crippen LogP contribution in [-0.4, -0.2) is 38.0 Å². The zero-order valence-corrected chi connectivity index (χ0v) is 17.3. The number of halogens is 1. The van der Waals surface area contributed by atoms with Gasteiger partial charge in [-0.25, -0.2) is 4.39 Å². The first-order valence-electron chi connectivity index (χ1n) is 10.2. The highest BCUT2D eigenvalue weighted by molar-refractivity contribution is 6.06. The lowest BCUT2D eigenvalue weighted by Gasteiger charge is -2.31. The molecule has 1 aliphatic heterocycles. The fraction of sp³-hybridized carbons (Fsp3) is 0.167. The first-order valence-corrected chi connectivity index (χ1v) is 10.2. The number of fused-ring (bicyclic) bond motifs is 2. The first-order chi connectivity index (χ1) is 15.5. The van der Waals surface area contributed by atoms with Crippen LogP contribution < -0.4 is 5.32 Å². The molecular weight excluding hydrogens is 409 g/mol. The van der Waals surface area contributed by atoms with E-state index in [1.165, 1.54) is 12.1 Å². The number of anilines is 1. The number of amides is 2. The van der Waals surface area contributed by atoms with Crippen LogP contribution >= 0.6 is 0 Å². The molecule has 1 aliphatic rings. The highest BCUT2D eigenvalue weighted by Gasteiger charge is 2.36. The number of aromatic nitrogens is 3. The topological polar surface area (TPSA) is 80.1 Å². The minimum Gasteiger partial charge on any atom is -0.333 e. The summed E-state index contributed by atoms with van der Waals surface area (Å²) < 4.78 is 15.7. The monoisotopic (exact) mass is 429 g/mol. The molecule has 4 aromatic rings. The van der Waals surface area contributed by atoms with Crippen LogP contribution in [0.4, 0.5) is 10.1 Å². The number of aryl methyl sites for hydroxylation is 1. The van der Waals surface area contributed by atoms with Crippen LogP contribution in [0.2, 0.25) is 0 Å². The van der Waals surface area contributed by atoms with Crippen LogP contribution in [0.1, 0.15) is 27.5 Å². The lowest BCUT2D eigenvalue weighted by molar-refractivity contribution is -0.118. The number of rotatable bonds is 3. The summed E-state index contributed by atoms with van der Waals surface area (Å²) >= 11 is 0.